The van der Waals surface area contributed by atoms with Crippen LogP contribution in [0.1, 0.15) is 19.8 Å². The topological polar surface area (TPSA) is 73.6 Å². The number of methoxy groups -OCH3 is 1. The Morgan fingerprint density at radius 1 is 1.48 bits per heavy atom. The summed E-state index contributed by atoms with van der Waals surface area (Å²) in [4.78, 5) is 12.3. The van der Waals surface area contributed by atoms with E-state index in [9.17, 15) is 4.79 Å². The van der Waals surface area contributed by atoms with Crippen molar-refractivity contribution in [3.63, 3.8) is 0 Å². The summed E-state index contributed by atoms with van der Waals surface area (Å²) in [6.07, 6.45) is 2.01. The first-order valence-corrected chi connectivity index (χ1v) is 8.02. The van der Waals surface area contributed by atoms with Gasteiger partial charge in [0.1, 0.15) is 5.75 Å². The van der Waals surface area contributed by atoms with Gasteiger partial charge in [-0.3, -0.25) is 4.79 Å². The molecule has 0 bridgehead atoms. The summed E-state index contributed by atoms with van der Waals surface area (Å²) in [6.45, 7) is 3.50. The van der Waals surface area contributed by atoms with Crippen LogP contribution in [-0.4, -0.2) is 36.7 Å². The van der Waals surface area contributed by atoms with Crippen LogP contribution in [0.2, 0.25) is 0 Å². The molecule has 1 atom stereocenters. The molecular weight excluding hydrogens is 288 g/mol. The third-order valence-electron chi connectivity index (χ3n) is 3.42. The summed E-state index contributed by atoms with van der Waals surface area (Å²) in [6, 6.07) is 5.21. The first-order chi connectivity index (χ1) is 10.1. The SMILES string of the molecule is COc1ccc(N)cc1NC(=O)C(C)SC1CCOCC1. The lowest BCUT2D eigenvalue weighted by Crippen LogP contribution is -2.27. The molecule has 0 aliphatic carbocycles. The molecule has 116 valence electrons. The van der Waals surface area contributed by atoms with Gasteiger partial charge >= 0.3 is 0 Å². The van der Waals surface area contributed by atoms with Crippen molar-refractivity contribution in [2.24, 2.45) is 0 Å². The number of carbonyl (C=O) groups excluding carboxylic acids is 1. The molecule has 1 aliphatic heterocycles. The number of hydrogen-bond donors (Lipinski definition) is 2. The lowest BCUT2D eigenvalue weighted by atomic mass is 10.2. The second kappa shape index (κ2) is 7.56. The summed E-state index contributed by atoms with van der Waals surface area (Å²) < 4.78 is 10.6. The maximum Gasteiger partial charge on any atom is 0.237 e. The molecule has 1 heterocycles. The molecule has 2 rings (SSSR count). The van der Waals surface area contributed by atoms with Crippen molar-refractivity contribution in [2.45, 2.75) is 30.3 Å². The van der Waals surface area contributed by atoms with Gasteiger partial charge in [0.15, 0.2) is 0 Å². The molecule has 6 heteroatoms. The maximum absolute atomic E-state index is 12.3. The van der Waals surface area contributed by atoms with Crippen molar-refractivity contribution in [3.05, 3.63) is 18.2 Å². The van der Waals surface area contributed by atoms with Crippen LogP contribution in [0.3, 0.4) is 0 Å². The zero-order chi connectivity index (χ0) is 15.2. The number of benzene rings is 1. The van der Waals surface area contributed by atoms with Gasteiger partial charge in [-0.1, -0.05) is 0 Å². The summed E-state index contributed by atoms with van der Waals surface area (Å²) in [5.74, 6) is 0.580. The van der Waals surface area contributed by atoms with E-state index in [-0.39, 0.29) is 11.2 Å². The lowest BCUT2D eigenvalue weighted by Gasteiger charge is -2.24. The molecule has 0 spiro atoms. The smallest absolute Gasteiger partial charge is 0.237 e. The zero-order valence-corrected chi connectivity index (χ0v) is 13.2. The minimum atomic E-state index is -0.126. The van der Waals surface area contributed by atoms with E-state index in [1.807, 2.05) is 6.92 Å². The first kappa shape index (κ1) is 16.0. The highest BCUT2D eigenvalue weighted by atomic mass is 32.2. The molecule has 5 nitrogen and oxygen atoms in total. The van der Waals surface area contributed by atoms with Crippen LogP contribution in [0, 0.1) is 0 Å². The Hall–Kier alpha value is -1.40. The number of amides is 1. The minimum Gasteiger partial charge on any atom is -0.495 e. The number of carbonyl (C=O) groups is 1. The van der Waals surface area contributed by atoms with Gasteiger partial charge in [0.25, 0.3) is 0 Å². The molecule has 1 aromatic rings. The Bertz CT molecular complexity index is 490. The van der Waals surface area contributed by atoms with E-state index in [4.69, 9.17) is 15.2 Å². The predicted octanol–water partition coefficient (Wildman–Crippen LogP) is 2.52. The van der Waals surface area contributed by atoms with Gasteiger partial charge in [-0.2, -0.15) is 0 Å². The molecule has 0 aromatic heterocycles. The zero-order valence-electron chi connectivity index (χ0n) is 12.4. The van der Waals surface area contributed by atoms with Crippen molar-refractivity contribution >= 4 is 29.0 Å². The molecule has 21 heavy (non-hydrogen) atoms. The van der Waals surface area contributed by atoms with E-state index in [2.05, 4.69) is 5.32 Å². The molecule has 0 radical (unpaired) electrons. The van der Waals surface area contributed by atoms with E-state index >= 15 is 0 Å². The maximum atomic E-state index is 12.3. The van der Waals surface area contributed by atoms with Gasteiger partial charge in [-0.25, -0.2) is 0 Å². The van der Waals surface area contributed by atoms with Crippen LogP contribution in [0.15, 0.2) is 18.2 Å². The number of rotatable bonds is 5. The van der Waals surface area contributed by atoms with Crippen molar-refractivity contribution in [2.75, 3.05) is 31.4 Å². The Balaban J connectivity index is 1.95. The van der Waals surface area contributed by atoms with E-state index in [1.165, 1.54) is 0 Å². The van der Waals surface area contributed by atoms with Crippen molar-refractivity contribution < 1.29 is 14.3 Å². The summed E-state index contributed by atoms with van der Waals surface area (Å²) in [5.41, 5.74) is 6.96. The van der Waals surface area contributed by atoms with E-state index in [1.54, 1.807) is 37.1 Å². The molecule has 3 N–H and O–H groups in total. The quantitative estimate of drug-likeness (QED) is 0.818. The second-order valence-electron chi connectivity index (χ2n) is 5.04. The number of nitrogens with two attached hydrogens (primary N) is 1. The lowest BCUT2D eigenvalue weighted by molar-refractivity contribution is -0.115. The van der Waals surface area contributed by atoms with Crippen molar-refractivity contribution in [1.29, 1.82) is 0 Å². The van der Waals surface area contributed by atoms with Crippen molar-refractivity contribution in [1.82, 2.24) is 0 Å². The van der Waals surface area contributed by atoms with Crippen LogP contribution in [0.25, 0.3) is 0 Å². The predicted molar refractivity (Wildman–Crippen MR) is 86.9 cm³/mol. The van der Waals surface area contributed by atoms with E-state index in [0.29, 0.717) is 22.4 Å². The monoisotopic (exact) mass is 310 g/mol. The number of ether oxygens (including phenoxy) is 2. The molecule has 1 aliphatic rings. The summed E-state index contributed by atoms with van der Waals surface area (Å²) >= 11 is 1.70. The first-order valence-electron chi connectivity index (χ1n) is 7.07. The third kappa shape index (κ3) is 4.54. The van der Waals surface area contributed by atoms with Gasteiger partial charge in [-0.05, 0) is 38.0 Å². The molecule has 1 aromatic carbocycles. The third-order valence-corrected chi connectivity index (χ3v) is 4.89. The average molecular weight is 310 g/mol. The molecular formula is C15H22N2O3S. The fourth-order valence-electron chi connectivity index (χ4n) is 2.22. The number of nitrogen functional groups attached to an aromatic ring is 1. The normalized spacial score (nSPS) is 17.2. The highest BCUT2D eigenvalue weighted by molar-refractivity contribution is 8.01. The highest BCUT2D eigenvalue weighted by Crippen LogP contribution is 2.29. The number of anilines is 2. The Morgan fingerprint density at radius 2 is 2.19 bits per heavy atom. The summed E-state index contributed by atoms with van der Waals surface area (Å²) in [7, 11) is 1.57. The molecule has 1 fully saturated rings. The van der Waals surface area contributed by atoms with E-state index in [0.717, 1.165) is 26.1 Å². The Labute approximate surface area is 129 Å². The molecule has 1 unspecified atom stereocenters. The Kier molecular flexibility index (Phi) is 5.76. The second-order valence-corrected chi connectivity index (χ2v) is 6.68. The van der Waals surface area contributed by atoms with E-state index < -0.39 is 0 Å². The van der Waals surface area contributed by atoms with Crippen LogP contribution < -0.4 is 15.8 Å². The van der Waals surface area contributed by atoms with Gasteiger partial charge in [0, 0.05) is 24.2 Å². The Morgan fingerprint density at radius 3 is 2.86 bits per heavy atom. The molecule has 0 saturated carbocycles. The van der Waals surface area contributed by atoms with Gasteiger partial charge in [-0.15, -0.1) is 11.8 Å². The number of thioether (sulfide) groups is 1. The summed E-state index contributed by atoms with van der Waals surface area (Å²) in [5, 5.41) is 3.26. The molecule has 1 amide bonds. The van der Waals surface area contributed by atoms with Crippen LogP contribution >= 0.6 is 11.8 Å². The standard InChI is InChI=1S/C15H22N2O3S/c1-10(21-12-5-7-20-8-6-12)15(18)17-13-9-11(16)3-4-14(13)19-2/h3-4,9-10,12H,5-8,16H2,1-2H3,(H,17,18). The highest BCUT2D eigenvalue weighted by Gasteiger charge is 2.22. The van der Waals surface area contributed by atoms with Gasteiger partial charge < -0.3 is 20.5 Å². The van der Waals surface area contributed by atoms with Crippen molar-refractivity contribution in [3.8, 4) is 5.75 Å². The largest absolute Gasteiger partial charge is 0.495 e. The van der Waals surface area contributed by atoms with Gasteiger partial charge in [0.05, 0.1) is 18.0 Å². The average Bonchev–Trinajstić information content (AvgIpc) is 2.48. The fraction of sp³-hybridized carbons (Fsp3) is 0.533. The minimum absolute atomic E-state index is 0.0320. The van der Waals surface area contributed by atoms with Crippen LogP contribution in [0.4, 0.5) is 11.4 Å². The fourth-order valence-corrected chi connectivity index (χ4v) is 3.44. The number of nitrogens with one attached hydrogen (secondary N) is 1. The molecule has 1 saturated heterocycles. The van der Waals surface area contributed by atoms with Gasteiger partial charge in [0.2, 0.25) is 5.91 Å². The van der Waals surface area contributed by atoms with Crippen LogP contribution in [-0.2, 0) is 9.53 Å². The number of hydrogen-bond acceptors (Lipinski definition) is 5. The van der Waals surface area contributed by atoms with Crippen LogP contribution in [0.5, 0.6) is 5.75 Å².